The number of rotatable bonds is 2. The third-order valence-corrected chi connectivity index (χ3v) is 6.16. The average molecular weight is 283 g/mol. The van der Waals surface area contributed by atoms with E-state index in [1.54, 1.807) is 0 Å². The Labute approximate surface area is 120 Å². The Hall–Kier alpha value is -0.0600. The van der Waals surface area contributed by atoms with E-state index < -0.39 is 0 Å². The van der Waals surface area contributed by atoms with Crippen LogP contribution in [0.2, 0.25) is 0 Å². The summed E-state index contributed by atoms with van der Waals surface area (Å²) in [4.78, 5) is 15.1. The minimum Gasteiger partial charge on any atom is -0.375 e. The molecule has 0 amide bonds. The molecule has 108 valence electrons. The van der Waals surface area contributed by atoms with Crippen LogP contribution >= 0.6 is 11.8 Å². The van der Waals surface area contributed by atoms with Crippen LogP contribution in [-0.4, -0.2) is 54.0 Å². The molecule has 2 unspecified atom stereocenters. The number of ketones is 1. The standard InChI is InChI=1S/C15H25NO2S/c1-16-7-9-19-11-13(16)14(17)12-4-8-18-15(10-12)5-2-3-6-15/h12-13H,2-11H2,1H3. The molecule has 0 bridgehead atoms. The van der Waals surface area contributed by atoms with Gasteiger partial charge < -0.3 is 4.74 Å². The van der Waals surface area contributed by atoms with Gasteiger partial charge in [-0.2, -0.15) is 11.8 Å². The average Bonchev–Trinajstić information content (AvgIpc) is 2.86. The second-order valence-electron chi connectivity index (χ2n) is 6.40. The number of nitrogens with zero attached hydrogens (tertiary/aromatic N) is 1. The second kappa shape index (κ2) is 5.74. The monoisotopic (exact) mass is 283 g/mol. The largest absolute Gasteiger partial charge is 0.375 e. The molecule has 19 heavy (non-hydrogen) atoms. The van der Waals surface area contributed by atoms with E-state index in [0.717, 1.165) is 37.5 Å². The first-order valence-electron chi connectivity index (χ1n) is 7.66. The Morgan fingerprint density at radius 2 is 2.16 bits per heavy atom. The molecule has 3 fully saturated rings. The van der Waals surface area contributed by atoms with Crippen LogP contribution in [0.15, 0.2) is 0 Å². The Kier molecular flexibility index (Phi) is 4.20. The molecular formula is C15H25NO2S. The van der Waals surface area contributed by atoms with Crippen LogP contribution in [0.1, 0.15) is 38.5 Å². The van der Waals surface area contributed by atoms with E-state index >= 15 is 0 Å². The van der Waals surface area contributed by atoms with Crippen LogP contribution < -0.4 is 0 Å². The van der Waals surface area contributed by atoms with Crippen molar-refractivity contribution in [2.75, 3.05) is 31.7 Å². The van der Waals surface area contributed by atoms with Crippen LogP contribution in [0.3, 0.4) is 0 Å². The number of Topliss-reactive ketones (excluding diaryl/α,β-unsaturated/α-hetero) is 1. The van der Waals surface area contributed by atoms with Crippen molar-refractivity contribution >= 4 is 17.5 Å². The lowest BCUT2D eigenvalue weighted by Gasteiger charge is -2.40. The van der Waals surface area contributed by atoms with Gasteiger partial charge in [-0.1, -0.05) is 12.8 Å². The lowest BCUT2D eigenvalue weighted by Crippen LogP contribution is -2.50. The predicted octanol–water partition coefficient (Wildman–Crippen LogP) is 2.34. The van der Waals surface area contributed by atoms with Crippen LogP contribution in [0.5, 0.6) is 0 Å². The van der Waals surface area contributed by atoms with Crippen molar-refractivity contribution in [2.24, 2.45) is 5.92 Å². The number of hydrogen-bond donors (Lipinski definition) is 0. The van der Waals surface area contributed by atoms with Crippen molar-refractivity contribution in [3.63, 3.8) is 0 Å². The predicted molar refractivity (Wildman–Crippen MR) is 78.6 cm³/mol. The summed E-state index contributed by atoms with van der Waals surface area (Å²) in [5, 5.41) is 0. The van der Waals surface area contributed by atoms with Gasteiger partial charge in [-0.15, -0.1) is 0 Å². The van der Waals surface area contributed by atoms with E-state index in [9.17, 15) is 4.79 Å². The van der Waals surface area contributed by atoms with E-state index in [2.05, 4.69) is 11.9 Å². The molecule has 0 radical (unpaired) electrons. The Bertz CT molecular complexity index is 341. The number of likely N-dealkylation sites (N-methyl/N-ethyl adjacent to an activating group) is 1. The summed E-state index contributed by atoms with van der Waals surface area (Å²) >= 11 is 1.93. The molecular weight excluding hydrogens is 258 g/mol. The highest BCUT2D eigenvalue weighted by molar-refractivity contribution is 7.99. The molecule has 3 aliphatic rings. The van der Waals surface area contributed by atoms with Gasteiger partial charge in [0.1, 0.15) is 0 Å². The van der Waals surface area contributed by atoms with E-state index in [1.807, 2.05) is 11.8 Å². The van der Waals surface area contributed by atoms with Crippen molar-refractivity contribution < 1.29 is 9.53 Å². The zero-order chi connectivity index (χ0) is 13.3. The van der Waals surface area contributed by atoms with Crippen LogP contribution in [0.4, 0.5) is 0 Å². The van der Waals surface area contributed by atoms with Crippen LogP contribution in [0.25, 0.3) is 0 Å². The summed E-state index contributed by atoms with van der Waals surface area (Å²) in [6, 6.07) is 0.153. The summed E-state index contributed by atoms with van der Waals surface area (Å²) < 4.78 is 6.05. The van der Waals surface area contributed by atoms with Crippen molar-refractivity contribution in [3.8, 4) is 0 Å². The zero-order valence-corrected chi connectivity index (χ0v) is 12.7. The number of thioether (sulfide) groups is 1. The zero-order valence-electron chi connectivity index (χ0n) is 11.9. The quantitative estimate of drug-likeness (QED) is 0.778. The lowest BCUT2D eigenvalue weighted by atomic mass is 9.80. The fourth-order valence-corrected chi connectivity index (χ4v) is 5.12. The molecule has 3 rings (SSSR count). The highest BCUT2D eigenvalue weighted by Crippen LogP contribution is 2.42. The Morgan fingerprint density at radius 3 is 2.89 bits per heavy atom. The van der Waals surface area contributed by atoms with Gasteiger partial charge in [0.25, 0.3) is 0 Å². The fourth-order valence-electron chi connectivity index (χ4n) is 3.90. The summed E-state index contributed by atoms with van der Waals surface area (Å²) in [6.07, 6.45) is 6.83. The second-order valence-corrected chi connectivity index (χ2v) is 7.55. The van der Waals surface area contributed by atoms with E-state index in [1.165, 1.54) is 25.7 Å². The van der Waals surface area contributed by atoms with Gasteiger partial charge in [-0.25, -0.2) is 0 Å². The first kappa shape index (κ1) is 13.9. The maximum atomic E-state index is 12.8. The van der Waals surface area contributed by atoms with Gasteiger partial charge in [0, 0.05) is 30.6 Å². The molecule has 1 spiro atoms. The summed E-state index contributed by atoms with van der Waals surface area (Å²) in [7, 11) is 2.10. The molecule has 0 aromatic carbocycles. The maximum absolute atomic E-state index is 12.8. The normalized spacial score (nSPS) is 35.6. The van der Waals surface area contributed by atoms with Crippen molar-refractivity contribution in [1.29, 1.82) is 0 Å². The minimum atomic E-state index is 0.0684. The third-order valence-electron chi connectivity index (χ3n) is 5.13. The van der Waals surface area contributed by atoms with Crippen LogP contribution in [-0.2, 0) is 9.53 Å². The topological polar surface area (TPSA) is 29.5 Å². The number of carbonyl (C=O) groups is 1. The van der Waals surface area contributed by atoms with E-state index in [4.69, 9.17) is 4.74 Å². The smallest absolute Gasteiger partial charge is 0.154 e. The third kappa shape index (κ3) is 2.86. The molecule has 4 heteroatoms. The molecule has 2 atom stereocenters. The van der Waals surface area contributed by atoms with E-state index in [-0.39, 0.29) is 17.6 Å². The SMILES string of the molecule is CN1CCSCC1C(=O)C1CCOC2(CCCC2)C1. The fraction of sp³-hybridized carbons (Fsp3) is 0.933. The van der Waals surface area contributed by atoms with E-state index in [0.29, 0.717) is 5.78 Å². The molecule has 0 N–H and O–H groups in total. The van der Waals surface area contributed by atoms with Crippen molar-refractivity contribution in [1.82, 2.24) is 4.90 Å². The maximum Gasteiger partial charge on any atom is 0.154 e. The summed E-state index contributed by atoms with van der Waals surface area (Å²) in [5.41, 5.74) is 0.0684. The molecule has 2 heterocycles. The van der Waals surface area contributed by atoms with Gasteiger partial charge in [0.05, 0.1) is 11.6 Å². The van der Waals surface area contributed by atoms with Gasteiger partial charge in [0.15, 0.2) is 5.78 Å². The number of ether oxygens (including phenoxy) is 1. The van der Waals surface area contributed by atoms with Gasteiger partial charge in [-0.05, 0) is 32.7 Å². The van der Waals surface area contributed by atoms with Gasteiger partial charge in [0.2, 0.25) is 0 Å². The van der Waals surface area contributed by atoms with Gasteiger partial charge >= 0.3 is 0 Å². The molecule has 1 aliphatic carbocycles. The molecule has 0 aromatic heterocycles. The van der Waals surface area contributed by atoms with Crippen molar-refractivity contribution in [3.05, 3.63) is 0 Å². The molecule has 0 aromatic rings. The Balaban J connectivity index is 1.65. The highest BCUT2D eigenvalue weighted by Gasteiger charge is 2.43. The first-order valence-corrected chi connectivity index (χ1v) is 8.81. The summed E-state index contributed by atoms with van der Waals surface area (Å²) in [5.74, 6) is 2.89. The van der Waals surface area contributed by atoms with Crippen molar-refractivity contribution in [2.45, 2.75) is 50.2 Å². The number of carbonyl (C=O) groups excluding carboxylic acids is 1. The highest BCUT2D eigenvalue weighted by atomic mass is 32.2. The molecule has 2 aliphatic heterocycles. The molecule has 2 saturated heterocycles. The van der Waals surface area contributed by atoms with Gasteiger partial charge in [-0.3, -0.25) is 9.69 Å². The number of hydrogen-bond acceptors (Lipinski definition) is 4. The lowest BCUT2D eigenvalue weighted by molar-refractivity contribution is -0.140. The minimum absolute atomic E-state index is 0.0684. The van der Waals surface area contributed by atoms with Crippen LogP contribution in [0, 0.1) is 5.92 Å². The summed E-state index contributed by atoms with van der Waals surface area (Å²) in [6.45, 7) is 1.84. The molecule has 3 nitrogen and oxygen atoms in total. The first-order chi connectivity index (χ1) is 9.20. The Morgan fingerprint density at radius 1 is 1.37 bits per heavy atom. The molecule has 1 saturated carbocycles.